The van der Waals surface area contributed by atoms with Crippen LogP contribution in [-0.4, -0.2) is 62.7 Å². The van der Waals surface area contributed by atoms with Gasteiger partial charge < -0.3 is 14.2 Å². The van der Waals surface area contributed by atoms with Crippen LogP contribution in [-0.2, 0) is 14.2 Å². The number of hydrogen-bond donors (Lipinski definition) is 0. The van der Waals surface area contributed by atoms with Gasteiger partial charge in [0.25, 0.3) is 0 Å². The maximum atomic E-state index is 6.25. The first-order valence-electron chi connectivity index (χ1n) is 9.94. The number of likely N-dealkylation sites (tertiary alicyclic amines) is 1. The molecular weight excluding hydrogens is 302 g/mol. The molecule has 1 heterocycles. The van der Waals surface area contributed by atoms with E-state index in [9.17, 15) is 0 Å². The summed E-state index contributed by atoms with van der Waals surface area (Å²) in [5.41, 5.74) is 0. The second-order valence-electron chi connectivity index (χ2n) is 6.69. The minimum Gasteiger partial charge on any atom is -0.380 e. The van der Waals surface area contributed by atoms with E-state index in [-0.39, 0.29) is 18.2 Å². The molecule has 0 aliphatic carbocycles. The van der Waals surface area contributed by atoms with Crippen molar-refractivity contribution in [2.24, 2.45) is 0 Å². The molecule has 1 aliphatic rings. The molecule has 0 N–H and O–H groups in total. The van der Waals surface area contributed by atoms with Gasteiger partial charge in [0.15, 0.2) is 0 Å². The average molecular weight is 342 g/mol. The normalized spacial score (nSPS) is 24.5. The summed E-state index contributed by atoms with van der Waals surface area (Å²) in [4.78, 5) is 2.41. The second kappa shape index (κ2) is 13.8. The van der Waals surface area contributed by atoms with Crippen molar-refractivity contribution in [2.45, 2.75) is 77.5 Å². The number of rotatable bonds is 15. The quantitative estimate of drug-likeness (QED) is 0.332. The lowest BCUT2D eigenvalue weighted by atomic mass is 10.1. The molecule has 0 unspecified atom stereocenters. The Hall–Kier alpha value is -0.420. The van der Waals surface area contributed by atoms with Gasteiger partial charge in [-0.3, -0.25) is 4.90 Å². The van der Waals surface area contributed by atoms with Gasteiger partial charge in [0.05, 0.1) is 18.8 Å². The molecule has 1 saturated heterocycles. The van der Waals surface area contributed by atoms with Crippen LogP contribution in [0.15, 0.2) is 12.7 Å². The highest BCUT2D eigenvalue weighted by molar-refractivity contribution is 4.97. The number of ether oxygens (including phenoxy) is 3. The van der Waals surface area contributed by atoms with E-state index in [1.54, 1.807) is 0 Å². The van der Waals surface area contributed by atoms with Gasteiger partial charge in [0, 0.05) is 32.9 Å². The third kappa shape index (κ3) is 7.64. The van der Waals surface area contributed by atoms with Gasteiger partial charge in [0.1, 0.15) is 6.10 Å². The molecule has 0 radical (unpaired) electrons. The molecule has 0 aromatic carbocycles. The van der Waals surface area contributed by atoms with Crippen LogP contribution in [0.4, 0.5) is 0 Å². The van der Waals surface area contributed by atoms with Gasteiger partial charge >= 0.3 is 0 Å². The van der Waals surface area contributed by atoms with E-state index in [1.807, 2.05) is 6.08 Å². The summed E-state index contributed by atoms with van der Waals surface area (Å²) >= 11 is 0. The van der Waals surface area contributed by atoms with Crippen molar-refractivity contribution in [1.29, 1.82) is 0 Å². The van der Waals surface area contributed by atoms with E-state index >= 15 is 0 Å². The fourth-order valence-electron chi connectivity index (χ4n) is 3.06. The van der Waals surface area contributed by atoms with E-state index in [1.165, 1.54) is 6.42 Å². The predicted octanol–water partition coefficient (Wildman–Crippen LogP) is 4.04. The summed E-state index contributed by atoms with van der Waals surface area (Å²) in [5.74, 6) is 0. The topological polar surface area (TPSA) is 30.9 Å². The lowest BCUT2D eigenvalue weighted by molar-refractivity contribution is -0.0704. The Morgan fingerprint density at radius 2 is 1.58 bits per heavy atom. The Balaban J connectivity index is 2.65. The Labute approximate surface area is 149 Å². The van der Waals surface area contributed by atoms with Crippen molar-refractivity contribution in [2.75, 3.05) is 39.5 Å². The van der Waals surface area contributed by atoms with Crippen molar-refractivity contribution >= 4 is 0 Å². The molecule has 3 atom stereocenters. The molecule has 4 heteroatoms. The van der Waals surface area contributed by atoms with Crippen molar-refractivity contribution < 1.29 is 14.2 Å². The smallest absolute Gasteiger partial charge is 0.103 e. The van der Waals surface area contributed by atoms with Gasteiger partial charge in [-0.1, -0.05) is 46.1 Å². The zero-order valence-electron chi connectivity index (χ0n) is 16.2. The van der Waals surface area contributed by atoms with Gasteiger partial charge in [-0.2, -0.15) is 0 Å². The maximum absolute atomic E-state index is 6.25. The summed E-state index contributed by atoms with van der Waals surface area (Å²) in [5, 5.41) is 0. The highest BCUT2D eigenvalue weighted by atomic mass is 16.5. The summed E-state index contributed by atoms with van der Waals surface area (Å²) < 4.78 is 18.3. The van der Waals surface area contributed by atoms with E-state index in [2.05, 4.69) is 32.3 Å². The molecule has 1 rings (SSSR count). The SMILES string of the molecule is C=CCN1C[C@@H](OCCCC)[C@H](OCCCC)[C@H]1COCCCC. The minimum atomic E-state index is 0.106. The Bertz CT molecular complexity index is 311. The number of nitrogens with zero attached hydrogens (tertiary/aromatic N) is 1. The first kappa shape index (κ1) is 21.6. The highest BCUT2D eigenvalue weighted by Crippen LogP contribution is 2.25. The monoisotopic (exact) mass is 341 g/mol. The Morgan fingerprint density at radius 3 is 2.21 bits per heavy atom. The van der Waals surface area contributed by atoms with Crippen LogP contribution in [0.2, 0.25) is 0 Å². The number of hydrogen-bond acceptors (Lipinski definition) is 4. The summed E-state index contributed by atoms with van der Waals surface area (Å²) in [6, 6.07) is 0.267. The van der Waals surface area contributed by atoms with Gasteiger partial charge in [-0.25, -0.2) is 0 Å². The van der Waals surface area contributed by atoms with Crippen LogP contribution < -0.4 is 0 Å². The highest BCUT2D eigenvalue weighted by Gasteiger charge is 2.42. The van der Waals surface area contributed by atoms with E-state index in [0.29, 0.717) is 0 Å². The molecule has 1 aliphatic heterocycles. The lowest BCUT2D eigenvalue weighted by Gasteiger charge is -2.28. The summed E-state index contributed by atoms with van der Waals surface area (Å²) in [6.45, 7) is 15.4. The Kier molecular flexibility index (Phi) is 12.5. The van der Waals surface area contributed by atoms with Gasteiger partial charge in [-0.15, -0.1) is 6.58 Å². The molecular formula is C20H39NO3. The van der Waals surface area contributed by atoms with Crippen molar-refractivity contribution in [3.05, 3.63) is 12.7 Å². The van der Waals surface area contributed by atoms with E-state index in [4.69, 9.17) is 14.2 Å². The van der Waals surface area contributed by atoms with Crippen molar-refractivity contribution in [3.8, 4) is 0 Å². The summed E-state index contributed by atoms with van der Waals surface area (Å²) in [6.07, 6.45) is 9.03. The van der Waals surface area contributed by atoms with E-state index < -0.39 is 0 Å². The van der Waals surface area contributed by atoms with Crippen LogP contribution in [0.1, 0.15) is 59.3 Å². The van der Waals surface area contributed by atoms with Crippen molar-refractivity contribution in [1.82, 2.24) is 4.90 Å². The molecule has 24 heavy (non-hydrogen) atoms. The van der Waals surface area contributed by atoms with Crippen LogP contribution in [0.25, 0.3) is 0 Å². The second-order valence-corrected chi connectivity index (χ2v) is 6.69. The fourth-order valence-corrected chi connectivity index (χ4v) is 3.06. The largest absolute Gasteiger partial charge is 0.380 e. The molecule has 0 aromatic rings. The first-order valence-corrected chi connectivity index (χ1v) is 9.94. The first-order chi connectivity index (χ1) is 11.8. The van der Waals surface area contributed by atoms with E-state index in [0.717, 1.165) is 71.6 Å². The third-order valence-corrected chi connectivity index (χ3v) is 4.56. The van der Waals surface area contributed by atoms with Crippen LogP contribution >= 0.6 is 0 Å². The lowest BCUT2D eigenvalue weighted by Crippen LogP contribution is -2.42. The fraction of sp³-hybridized carbons (Fsp3) is 0.900. The molecule has 0 aromatic heterocycles. The van der Waals surface area contributed by atoms with Crippen LogP contribution in [0.3, 0.4) is 0 Å². The molecule has 0 bridgehead atoms. The summed E-state index contributed by atoms with van der Waals surface area (Å²) in [7, 11) is 0. The zero-order chi connectivity index (χ0) is 17.6. The van der Waals surface area contributed by atoms with Crippen LogP contribution in [0, 0.1) is 0 Å². The molecule has 1 fully saturated rings. The zero-order valence-corrected chi connectivity index (χ0v) is 16.2. The van der Waals surface area contributed by atoms with Crippen LogP contribution in [0.5, 0.6) is 0 Å². The maximum Gasteiger partial charge on any atom is 0.103 e. The predicted molar refractivity (Wildman–Crippen MR) is 101 cm³/mol. The standard InChI is InChI=1S/C20H39NO3/c1-5-9-13-22-17-18-20(24-15-11-7-3)19(23-14-10-6-2)16-21(18)12-8-4/h8,18-20H,4-7,9-17H2,1-3H3/t18-,19-,20-/m1/s1. The third-order valence-electron chi connectivity index (χ3n) is 4.56. The molecule has 0 saturated carbocycles. The van der Waals surface area contributed by atoms with Gasteiger partial charge in [-0.05, 0) is 19.3 Å². The van der Waals surface area contributed by atoms with Gasteiger partial charge in [0.2, 0.25) is 0 Å². The minimum absolute atomic E-state index is 0.106. The average Bonchev–Trinajstić information content (AvgIpc) is 2.90. The Morgan fingerprint density at radius 1 is 0.958 bits per heavy atom. The molecule has 0 spiro atoms. The molecule has 0 amide bonds. The van der Waals surface area contributed by atoms with Crippen molar-refractivity contribution in [3.63, 3.8) is 0 Å². The number of unbranched alkanes of at least 4 members (excludes halogenated alkanes) is 3. The molecule has 142 valence electrons. The molecule has 4 nitrogen and oxygen atoms in total.